The van der Waals surface area contributed by atoms with Crippen LogP contribution in [-0.2, 0) is 6.42 Å². The number of pyridine rings is 1. The molecular formula is C17H19BrN2. The second kappa shape index (κ2) is 5.66. The lowest BCUT2D eigenvalue weighted by Crippen LogP contribution is -2.23. The number of nitrogens with zero attached hydrogens (tertiary/aromatic N) is 1. The monoisotopic (exact) mass is 330 g/mol. The molecule has 1 aliphatic rings. The number of benzene rings is 1. The van der Waals surface area contributed by atoms with E-state index in [9.17, 15) is 0 Å². The van der Waals surface area contributed by atoms with Crippen molar-refractivity contribution in [1.82, 2.24) is 10.3 Å². The van der Waals surface area contributed by atoms with Gasteiger partial charge >= 0.3 is 0 Å². The maximum Gasteiger partial charge on any atom is 0.0485 e. The Morgan fingerprint density at radius 3 is 2.95 bits per heavy atom. The summed E-state index contributed by atoms with van der Waals surface area (Å²) in [7, 11) is 2.04. The Morgan fingerprint density at radius 2 is 2.20 bits per heavy atom. The highest BCUT2D eigenvalue weighted by atomic mass is 79.9. The van der Waals surface area contributed by atoms with E-state index in [1.54, 1.807) is 0 Å². The smallest absolute Gasteiger partial charge is 0.0485 e. The van der Waals surface area contributed by atoms with E-state index in [4.69, 9.17) is 0 Å². The zero-order valence-corrected chi connectivity index (χ0v) is 13.4. The maximum absolute atomic E-state index is 4.63. The van der Waals surface area contributed by atoms with E-state index in [1.165, 1.54) is 33.3 Å². The topological polar surface area (TPSA) is 24.9 Å². The molecule has 1 heterocycles. The average molecular weight is 331 g/mol. The molecule has 104 valence electrons. The first-order valence-electron chi connectivity index (χ1n) is 7.08. The first-order valence-corrected chi connectivity index (χ1v) is 7.87. The van der Waals surface area contributed by atoms with E-state index in [-0.39, 0.29) is 0 Å². The van der Waals surface area contributed by atoms with Gasteiger partial charge in [-0.05, 0) is 55.6 Å². The van der Waals surface area contributed by atoms with Gasteiger partial charge < -0.3 is 5.32 Å². The maximum atomic E-state index is 4.63. The fraction of sp³-hybridized carbons (Fsp3) is 0.353. The zero-order chi connectivity index (χ0) is 14.1. The van der Waals surface area contributed by atoms with Crippen molar-refractivity contribution in [2.45, 2.75) is 31.7 Å². The lowest BCUT2D eigenvalue weighted by atomic mass is 9.90. The number of aryl methyl sites for hydroxylation is 2. The summed E-state index contributed by atoms with van der Waals surface area (Å²) in [6.45, 7) is 2.14. The van der Waals surface area contributed by atoms with Crippen LogP contribution in [0.5, 0.6) is 0 Å². The Balaban J connectivity index is 1.97. The molecule has 0 saturated carbocycles. The molecule has 0 amide bonds. The number of fused-ring (bicyclic) bond motifs is 1. The molecule has 1 aromatic carbocycles. The van der Waals surface area contributed by atoms with Crippen LogP contribution in [-0.4, -0.2) is 12.0 Å². The van der Waals surface area contributed by atoms with Crippen LogP contribution in [0, 0.1) is 6.92 Å². The average Bonchev–Trinajstić information content (AvgIpc) is 2.88. The molecule has 0 fully saturated rings. The molecule has 20 heavy (non-hydrogen) atoms. The van der Waals surface area contributed by atoms with Crippen molar-refractivity contribution >= 4 is 15.9 Å². The molecule has 0 spiro atoms. The fourth-order valence-electron chi connectivity index (χ4n) is 3.23. The van der Waals surface area contributed by atoms with Crippen molar-refractivity contribution in [1.29, 1.82) is 0 Å². The van der Waals surface area contributed by atoms with E-state index in [2.05, 4.69) is 57.4 Å². The van der Waals surface area contributed by atoms with E-state index in [0.717, 1.165) is 6.42 Å². The summed E-state index contributed by atoms with van der Waals surface area (Å²) in [5.41, 5.74) is 5.30. The van der Waals surface area contributed by atoms with E-state index in [1.807, 2.05) is 19.3 Å². The molecule has 0 saturated heterocycles. The van der Waals surface area contributed by atoms with Crippen molar-refractivity contribution in [3.05, 3.63) is 63.4 Å². The first kappa shape index (κ1) is 13.8. The van der Waals surface area contributed by atoms with E-state index < -0.39 is 0 Å². The Morgan fingerprint density at radius 1 is 1.35 bits per heavy atom. The Bertz CT molecular complexity index is 624. The van der Waals surface area contributed by atoms with Crippen molar-refractivity contribution in [2.75, 3.05) is 7.05 Å². The number of nitrogens with one attached hydrogen (secondary N) is 1. The predicted octanol–water partition coefficient (Wildman–Crippen LogP) is 4.14. The van der Waals surface area contributed by atoms with Crippen LogP contribution in [0.4, 0.5) is 0 Å². The zero-order valence-electron chi connectivity index (χ0n) is 11.9. The number of rotatable bonds is 3. The van der Waals surface area contributed by atoms with Gasteiger partial charge in [-0.15, -0.1) is 0 Å². The highest BCUT2D eigenvalue weighted by molar-refractivity contribution is 9.10. The highest BCUT2D eigenvalue weighted by Gasteiger charge is 2.31. The number of hydrogen-bond acceptors (Lipinski definition) is 2. The third-order valence-corrected chi connectivity index (χ3v) is 5.15. The number of aromatic nitrogens is 1. The van der Waals surface area contributed by atoms with Crippen LogP contribution >= 0.6 is 15.9 Å². The predicted molar refractivity (Wildman–Crippen MR) is 86.0 cm³/mol. The van der Waals surface area contributed by atoms with Gasteiger partial charge in [-0.25, -0.2) is 0 Å². The van der Waals surface area contributed by atoms with Crippen LogP contribution in [0.2, 0.25) is 0 Å². The minimum Gasteiger partial charge on any atom is -0.312 e. The Labute approximate surface area is 128 Å². The summed E-state index contributed by atoms with van der Waals surface area (Å²) >= 11 is 3.58. The quantitative estimate of drug-likeness (QED) is 0.914. The van der Waals surface area contributed by atoms with Crippen LogP contribution in [0.25, 0.3) is 0 Å². The third-order valence-electron chi connectivity index (χ3n) is 4.26. The molecular weight excluding hydrogens is 312 g/mol. The standard InChI is InChI=1S/C17H19BrN2/c1-11-10-13(6-8-15(11)18)16(19-2)14-7-5-12-4-3-9-20-17(12)14/h3-4,6,8-10,14,16,19H,5,7H2,1-2H3. The van der Waals surface area contributed by atoms with Gasteiger partial charge in [-0.2, -0.15) is 0 Å². The Hall–Kier alpha value is -1.19. The van der Waals surface area contributed by atoms with Crippen molar-refractivity contribution in [3.8, 4) is 0 Å². The molecule has 3 heteroatoms. The number of hydrogen-bond donors (Lipinski definition) is 1. The van der Waals surface area contributed by atoms with Crippen LogP contribution < -0.4 is 5.32 Å². The van der Waals surface area contributed by atoms with Crippen LogP contribution in [0.3, 0.4) is 0 Å². The molecule has 3 rings (SSSR count). The van der Waals surface area contributed by atoms with Crippen molar-refractivity contribution in [3.63, 3.8) is 0 Å². The first-order chi connectivity index (χ1) is 9.70. The van der Waals surface area contributed by atoms with Gasteiger partial charge in [-0.3, -0.25) is 4.98 Å². The normalized spacial score (nSPS) is 18.9. The molecule has 2 atom stereocenters. The molecule has 2 unspecified atom stereocenters. The molecule has 1 N–H and O–H groups in total. The number of halogens is 1. The molecule has 1 aliphatic carbocycles. The van der Waals surface area contributed by atoms with Crippen LogP contribution in [0.15, 0.2) is 41.0 Å². The summed E-state index contributed by atoms with van der Waals surface area (Å²) in [5.74, 6) is 0.469. The number of likely N-dealkylation sites (N-methyl/N-ethyl adjacent to an activating group) is 1. The summed E-state index contributed by atoms with van der Waals surface area (Å²) in [6, 6.07) is 11.2. The van der Waals surface area contributed by atoms with E-state index in [0.29, 0.717) is 12.0 Å². The SMILES string of the molecule is CNC(c1ccc(Br)c(C)c1)C1CCc2cccnc21. The summed E-state index contributed by atoms with van der Waals surface area (Å²) < 4.78 is 1.17. The van der Waals surface area contributed by atoms with Gasteiger partial charge in [0.1, 0.15) is 0 Å². The van der Waals surface area contributed by atoms with Gasteiger partial charge in [0.15, 0.2) is 0 Å². The fourth-order valence-corrected chi connectivity index (χ4v) is 3.48. The van der Waals surface area contributed by atoms with Gasteiger partial charge in [0, 0.05) is 28.3 Å². The van der Waals surface area contributed by atoms with Gasteiger partial charge in [0.25, 0.3) is 0 Å². The molecule has 2 nitrogen and oxygen atoms in total. The third kappa shape index (κ3) is 2.40. The summed E-state index contributed by atoms with van der Waals surface area (Å²) in [6.07, 6.45) is 4.23. The minimum atomic E-state index is 0.331. The van der Waals surface area contributed by atoms with E-state index >= 15 is 0 Å². The molecule has 2 aromatic rings. The lowest BCUT2D eigenvalue weighted by molar-refractivity contribution is 0.470. The minimum absolute atomic E-state index is 0.331. The van der Waals surface area contributed by atoms with Gasteiger partial charge in [-0.1, -0.05) is 34.1 Å². The molecule has 1 aromatic heterocycles. The second-order valence-electron chi connectivity index (χ2n) is 5.47. The highest BCUT2D eigenvalue weighted by Crippen LogP contribution is 2.40. The van der Waals surface area contributed by atoms with Crippen molar-refractivity contribution in [2.24, 2.45) is 0 Å². The van der Waals surface area contributed by atoms with Gasteiger partial charge in [0.2, 0.25) is 0 Å². The molecule has 0 bridgehead atoms. The van der Waals surface area contributed by atoms with Crippen LogP contribution in [0.1, 0.15) is 40.8 Å². The summed E-state index contributed by atoms with van der Waals surface area (Å²) in [4.78, 5) is 4.63. The molecule has 0 radical (unpaired) electrons. The lowest BCUT2D eigenvalue weighted by Gasteiger charge is -2.24. The summed E-state index contributed by atoms with van der Waals surface area (Å²) in [5, 5.41) is 3.49. The van der Waals surface area contributed by atoms with Gasteiger partial charge in [0.05, 0.1) is 0 Å². The molecule has 0 aliphatic heterocycles. The van der Waals surface area contributed by atoms with Crippen molar-refractivity contribution < 1.29 is 0 Å². The Kier molecular flexibility index (Phi) is 3.90. The largest absolute Gasteiger partial charge is 0.312 e. The second-order valence-corrected chi connectivity index (χ2v) is 6.32.